The standard InChI is InChI=1S/C14H12ClN3O3S/c1-21-11-5-2-9(3-6-11)16-14(22)17-13-8-10(18(19)20)4-7-12(13)15/h2-8H,1H3,(H2,16,17,22). The predicted octanol–water partition coefficient (Wildman–Crippen LogP) is 4.07. The fourth-order valence-electron chi connectivity index (χ4n) is 1.68. The Hall–Kier alpha value is -2.38. The molecule has 0 spiro atoms. The number of methoxy groups -OCH3 is 1. The summed E-state index contributed by atoms with van der Waals surface area (Å²) in [6, 6.07) is 11.2. The van der Waals surface area contributed by atoms with Crippen LogP contribution in [0.3, 0.4) is 0 Å². The van der Waals surface area contributed by atoms with Gasteiger partial charge in [0, 0.05) is 17.8 Å². The molecule has 2 N–H and O–H groups in total. The van der Waals surface area contributed by atoms with Gasteiger partial charge in [-0.1, -0.05) is 11.6 Å². The van der Waals surface area contributed by atoms with Crippen molar-refractivity contribution in [2.24, 2.45) is 0 Å². The first-order chi connectivity index (χ1) is 10.5. The highest BCUT2D eigenvalue weighted by Gasteiger charge is 2.10. The van der Waals surface area contributed by atoms with Crippen LogP contribution in [0.1, 0.15) is 0 Å². The topological polar surface area (TPSA) is 76.4 Å². The zero-order valence-corrected chi connectivity index (χ0v) is 13.1. The number of halogens is 1. The van der Waals surface area contributed by atoms with Crippen molar-refractivity contribution >= 4 is 46.0 Å². The molecule has 22 heavy (non-hydrogen) atoms. The molecule has 0 aliphatic carbocycles. The van der Waals surface area contributed by atoms with Crippen LogP contribution in [-0.4, -0.2) is 17.1 Å². The van der Waals surface area contributed by atoms with Gasteiger partial charge in [-0.25, -0.2) is 0 Å². The van der Waals surface area contributed by atoms with Gasteiger partial charge in [-0.15, -0.1) is 0 Å². The van der Waals surface area contributed by atoms with Crippen LogP contribution >= 0.6 is 23.8 Å². The van der Waals surface area contributed by atoms with Crippen LogP contribution < -0.4 is 15.4 Å². The van der Waals surface area contributed by atoms with Gasteiger partial charge in [0.25, 0.3) is 5.69 Å². The summed E-state index contributed by atoms with van der Waals surface area (Å²) in [5.74, 6) is 0.728. The minimum Gasteiger partial charge on any atom is -0.497 e. The van der Waals surface area contributed by atoms with E-state index in [1.807, 2.05) is 0 Å². The van der Waals surface area contributed by atoms with Crippen molar-refractivity contribution in [1.29, 1.82) is 0 Å². The molecule has 0 bridgehead atoms. The van der Waals surface area contributed by atoms with E-state index < -0.39 is 4.92 Å². The molecule has 0 aliphatic rings. The Morgan fingerprint density at radius 3 is 2.50 bits per heavy atom. The molecule has 2 rings (SSSR count). The van der Waals surface area contributed by atoms with Crippen LogP contribution in [0.2, 0.25) is 5.02 Å². The largest absolute Gasteiger partial charge is 0.497 e. The van der Waals surface area contributed by atoms with Crippen LogP contribution in [0.4, 0.5) is 17.1 Å². The molecule has 0 saturated carbocycles. The summed E-state index contributed by atoms with van der Waals surface area (Å²) in [6.45, 7) is 0. The lowest BCUT2D eigenvalue weighted by molar-refractivity contribution is -0.384. The van der Waals surface area contributed by atoms with Crippen molar-refractivity contribution < 1.29 is 9.66 Å². The predicted molar refractivity (Wildman–Crippen MR) is 90.9 cm³/mol. The number of hydrogen-bond donors (Lipinski definition) is 2. The Morgan fingerprint density at radius 2 is 1.91 bits per heavy atom. The van der Waals surface area contributed by atoms with Crippen LogP contribution in [0.5, 0.6) is 5.75 Å². The Balaban J connectivity index is 2.08. The Kier molecular flexibility index (Phi) is 5.13. The first-order valence-corrected chi connectivity index (χ1v) is 6.94. The van der Waals surface area contributed by atoms with Gasteiger partial charge in [-0.05, 0) is 42.5 Å². The third kappa shape index (κ3) is 4.06. The number of rotatable bonds is 4. The molecule has 0 saturated heterocycles. The van der Waals surface area contributed by atoms with E-state index in [4.69, 9.17) is 28.6 Å². The van der Waals surface area contributed by atoms with Crippen molar-refractivity contribution in [2.45, 2.75) is 0 Å². The lowest BCUT2D eigenvalue weighted by Crippen LogP contribution is -2.19. The monoisotopic (exact) mass is 337 g/mol. The summed E-state index contributed by atoms with van der Waals surface area (Å²) < 4.78 is 5.06. The zero-order chi connectivity index (χ0) is 16.1. The molecule has 0 radical (unpaired) electrons. The summed E-state index contributed by atoms with van der Waals surface area (Å²) in [5.41, 5.74) is 1.04. The fraction of sp³-hybridized carbons (Fsp3) is 0.0714. The molecule has 8 heteroatoms. The quantitative estimate of drug-likeness (QED) is 0.497. The summed E-state index contributed by atoms with van der Waals surface area (Å²) in [7, 11) is 1.58. The second-order valence-corrected chi connectivity index (χ2v) is 5.04. The number of nitro groups is 1. The Bertz CT molecular complexity index is 707. The second kappa shape index (κ2) is 7.06. The number of thiocarbonyl (C=S) groups is 1. The van der Waals surface area contributed by atoms with Crippen molar-refractivity contribution in [3.8, 4) is 5.75 Å². The molecule has 0 fully saturated rings. The van der Waals surface area contributed by atoms with Crippen molar-refractivity contribution in [3.63, 3.8) is 0 Å². The molecule has 0 heterocycles. The van der Waals surface area contributed by atoms with Crippen LogP contribution in [0, 0.1) is 10.1 Å². The molecule has 0 aromatic heterocycles. The maximum atomic E-state index is 10.8. The SMILES string of the molecule is COc1ccc(NC(=S)Nc2cc([N+](=O)[O-])ccc2Cl)cc1. The average Bonchev–Trinajstić information content (AvgIpc) is 2.50. The van der Waals surface area contributed by atoms with Crippen LogP contribution in [0.25, 0.3) is 0 Å². The lowest BCUT2D eigenvalue weighted by Gasteiger charge is -2.12. The van der Waals surface area contributed by atoms with Crippen LogP contribution in [-0.2, 0) is 0 Å². The number of nitrogens with zero attached hydrogens (tertiary/aromatic N) is 1. The van der Waals surface area contributed by atoms with E-state index in [0.717, 1.165) is 11.4 Å². The number of ether oxygens (including phenoxy) is 1. The highest BCUT2D eigenvalue weighted by molar-refractivity contribution is 7.80. The van der Waals surface area contributed by atoms with Gasteiger partial charge < -0.3 is 15.4 Å². The van der Waals surface area contributed by atoms with E-state index in [2.05, 4.69) is 10.6 Å². The average molecular weight is 338 g/mol. The molecule has 0 atom stereocenters. The Morgan fingerprint density at radius 1 is 1.23 bits per heavy atom. The first-order valence-electron chi connectivity index (χ1n) is 6.15. The number of benzene rings is 2. The molecule has 2 aromatic carbocycles. The van der Waals surface area contributed by atoms with E-state index in [9.17, 15) is 10.1 Å². The van der Waals surface area contributed by atoms with Gasteiger partial charge in [-0.3, -0.25) is 10.1 Å². The molecular formula is C14H12ClN3O3S. The highest BCUT2D eigenvalue weighted by Crippen LogP contribution is 2.27. The van der Waals surface area contributed by atoms with Crippen LogP contribution in [0.15, 0.2) is 42.5 Å². The molecule has 0 amide bonds. The van der Waals surface area contributed by atoms with Crippen molar-refractivity contribution in [2.75, 3.05) is 17.7 Å². The normalized spacial score (nSPS) is 9.91. The molecule has 2 aromatic rings. The van der Waals surface area contributed by atoms with Crippen molar-refractivity contribution in [3.05, 3.63) is 57.6 Å². The van der Waals surface area contributed by atoms with E-state index >= 15 is 0 Å². The van der Waals surface area contributed by atoms with Gasteiger partial charge >= 0.3 is 0 Å². The molecule has 0 unspecified atom stereocenters. The van der Waals surface area contributed by atoms with Crippen molar-refractivity contribution in [1.82, 2.24) is 0 Å². The maximum Gasteiger partial charge on any atom is 0.271 e. The first kappa shape index (κ1) is 16.0. The second-order valence-electron chi connectivity index (χ2n) is 4.23. The number of anilines is 2. The number of non-ortho nitro benzene ring substituents is 1. The number of hydrogen-bond acceptors (Lipinski definition) is 4. The highest BCUT2D eigenvalue weighted by atomic mass is 35.5. The van der Waals surface area contributed by atoms with E-state index in [1.54, 1.807) is 31.4 Å². The minimum absolute atomic E-state index is 0.0702. The molecule has 6 nitrogen and oxygen atoms in total. The third-order valence-electron chi connectivity index (χ3n) is 2.76. The van der Waals surface area contributed by atoms with Gasteiger partial charge in [-0.2, -0.15) is 0 Å². The van der Waals surface area contributed by atoms with E-state index in [0.29, 0.717) is 10.7 Å². The number of nitro benzene ring substituents is 1. The summed E-state index contributed by atoms with van der Waals surface area (Å²) in [6.07, 6.45) is 0. The lowest BCUT2D eigenvalue weighted by atomic mass is 10.3. The van der Waals surface area contributed by atoms with Gasteiger partial charge in [0.05, 0.1) is 22.7 Å². The minimum atomic E-state index is -0.499. The summed E-state index contributed by atoms with van der Waals surface area (Å²) in [5, 5.41) is 17.2. The molecular weight excluding hydrogens is 326 g/mol. The summed E-state index contributed by atoms with van der Waals surface area (Å²) >= 11 is 11.2. The maximum absolute atomic E-state index is 10.8. The van der Waals surface area contributed by atoms with E-state index in [1.165, 1.54) is 18.2 Å². The summed E-state index contributed by atoms with van der Waals surface area (Å²) in [4.78, 5) is 10.3. The number of nitrogens with one attached hydrogen (secondary N) is 2. The van der Waals surface area contributed by atoms with E-state index in [-0.39, 0.29) is 10.8 Å². The fourth-order valence-corrected chi connectivity index (χ4v) is 2.07. The smallest absolute Gasteiger partial charge is 0.271 e. The Labute approximate surface area is 137 Å². The van der Waals surface area contributed by atoms with Gasteiger partial charge in [0.1, 0.15) is 5.75 Å². The zero-order valence-electron chi connectivity index (χ0n) is 11.5. The van der Waals surface area contributed by atoms with Gasteiger partial charge in [0.2, 0.25) is 0 Å². The molecule has 0 aliphatic heterocycles. The third-order valence-corrected chi connectivity index (χ3v) is 3.29. The van der Waals surface area contributed by atoms with Gasteiger partial charge in [0.15, 0.2) is 5.11 Å². The molecule has 114 valence electrons.